The molecule has 8 heteroatoms. The number of nitrogens with zero attached hydrogens (tertiary/aromatic N) is 1. The van der Waals surface area contributed by atoms with Crippen LogP contribution in [0.25, 0.3) is 10.2 Å². The van der Waals surface area contributed by atoms with Crippen LogP contribution in [0.15, 0.2) is 65.3 Å². The Labute approximate surface area is 183 Å². The fraction of sp³-hybridized carbons (Fsp3) is 0.174. The van der Waals surface area contributed by atoms with E-state index in [-0.39, 0.29) is 23.7 Å². The molecule has 4 rings (SSSR count). The number of fused-ring (bicyclic) bond motifs is 1. The van der Waals surface area contributed by atoms with Gasteiger partial charge < -0.3 is 14.5 Å². The highest BCUT2D eigenvalue weighted by Crippen LogP contribution is 2.29. The Hall–Kier alpha value is -3.65. The number of rotatable bonds is 7. The monoisotopic (exact) mass is 435 g/mol. The summed E-state index contributed by atoms with van der Waals surface area (Å²) in [6.07, 6.45) is 2.40. The van der Waals surface area contributed by atoms with Gasteiger partial charge in [-0.1, -0.05) is 24.3 Å². The number of benzene rings is 2. The number of thiazole rings is 1. The maximum absolute atomic E-state index is 12.7. The first-order valence-electron chi connectivity index (χ1n) is 9.85. The molecule has 0 bridgehead atoms. The van der Waals surface area contributed by atoms with Crippen LogP contribution in [0.2, 0.25) is 0 Å². The summed E-state index contributed by atoms with van der Waals surface area (Å²) in [4.78, 5) is 29.2. The molecular formula is C23H21N3O4S. The summed E-state index contributed by atoms with van der Waals surface area (Å²) in [5.41, 5.74) is 1.87. The van der Waals surface area contributed by atoms with Gasteiger partial charge in [0.05, 0.1) is 22.6 Å². The van der Waals surface area contributed by atoms with Crippen LogP contribution in [-0.4, -0.2) is 22.9 Å². The van der Waals surface area contributed by atoms with Gasteiger partial charge in [-0.25, -0.2) is 4.98 Å². The summed E-state index contributed by atoms with van der Waals surface area (Å²) in [7, 11) is 0. The predicted molar refractivity (Wildman–Crippen MR) is 121 cm³/mol. The molecule has 2 N–H and O–H groups in total. The van der Waals surface area contributed by atoms with E-state index in [2.05, 4.69) is 15.6 Å². The first-order chi connectivity index (χ1) is 15.0. The first-order valence-corrected chi connectivity index (χ1v) is 10.7. The minimum atomic E-state index is -0.364. The summed E-state index contributed by atoms with van der Waals surface area (Å²) in [5.74, 6) is 0.283. The zero-order valence-electron chi connectivity index (χ0n) is 17.0. The van der Waals surface area contributed by atoms with Crippen LogP contribution >= 0.6 is 11.3 Å². The standard InChI is InChI=1S/C23H21N3O4S/c1-3-14(2)30-17-7-4-6-15(12-17)21(27)24-16-9-10-18-20(13-16)31-23(25-18)26-22(28)19-8-5-11-29-19/h4-14H,3H2,1-2H3,(H,24,27)(H,25,26,28). The normalized spacial score (nSPS) is 11.8. The summed E-state index contributed by atoms with van der Waals surface area (Å²) in [5, 5.41) is 6.07. The molecule has 1 atom stereocenters. The Morgan fingerprint density at radius 1 is 1.10 bits per heavy atom. The number of anilines is 2. The molecule has 0 radical (unpaired) electrons. The molecule has 0 aliphatic carbocycles. The Bertz CT molecular complexity index is 1220. The molecule has 2 heterocycles. The van der Waals surface area contributed by atoms with Gasteiger partial charge in [-0.05, 0) is 61.9 Å². The topological polar surface area (TPSA) is 93.5 Å². The molecule has 0 saturated heterocycles. The van der Waals surface area contributed by atoms with Crippen molar-refractivity contribution in [3.05, 3.63) is 72.2 Å². The van der Waals surface area contributed by atoms with Crippen LogP contribution in [0, 0.1) is 0 Å². The lowest BCUT2D eigenvalue weighted by molar-refractivity contribution is 0.0994. The fourth-order valence-corrected chi connectivity index (χ4v) is 3.75. The number of hydrogen-bond donors (Lipinski definition) is 2. The number of hydrogen-bond acceptors (Lipinski definition) is 6. The minimum absolute atomic E-state index is 0.0783. The van der Waals surface area contributed by atoms with Crippen molar-refractivity contribution < 1.29 is 18.7 Å². The fourth-order valence-electron chi connectivity index (χ4n) is 2.85. The molecule has 0 aliphatic rings. The average Bonchev–Trinajstić information content (AvgIpc) is 3.43. The lowest BCUT2D eigenvalue weighted by Crippen LogP contribution is -2.13. The molecule has 2 aromatic carbocycles. The second kappa shape index (κ2) is 9.01. The van der Waals surface area contributed by atoms with Gasteiger partial charge in [0.15, 0.2) is 10.9 Å². The third-order valence-electron chi connectivity index (χ3n) is 4.62. The van der Waals surface area contributed by atoms with Gasteiger partial charge in [-0.2, -0.15) is 0 Å². The van der Waals surface area contributed by atoms with Crippen LogP contribution in [0.5, 0.6) is 5.75 Å². The number of aromatic nitrogens is 1. The average molecular weight is 436 g/mol. The van der Waals surface area contributed by atoms with E-state index in [0.717, 1.165) is 16.6 Å². The first kappa shape index (κ1) is 20.6. The third-order valence-corrected chi connectivity index (χ3v) is 5.55. The third kappa shape index (κ3) is 4.92. The number of carbonyl (C=O) groups is 2. The highest BCUT2D eigenvalue weighted by molar-refractivity contribution is 7.22. The highest BCUT2D eigenvalue weighted by Gasteiger charge is 2.13. The Morgan fingerprint density at radius 3 is 2.74 bits per heavy atom. The molecule has 2 aromatic heterocycles. The Kier molecular flexibility index (Phi) is 5.99. The highest BCUT2D eigenvalue weighted by atomic mass is 32.1. The second-order valence-electron chi connectivity index (χ2n) is 6.95. The molecular weight excluding hydrogens is 414 g/mol. The molecule has 4 aromatic rings. The molecule has 2 amide bonds. The van der Waals surface area contributed by atoms with Crippen molar-refractivity contribution in [1.82, 2.24) is 4.98 Å². The van der Waals surface area contributed by atoms with E-state index in [4.69, 9.17) is 9.15 Å². The number of carbonyl (C=O) groups excluding carboxylic acids is 2. The molecule has 0 saturated carbocycles. The van der Waals surface area contributed by atoms with Crippen molar-refractivity contribution in [3.8, 4) is 5.75 Å². The maximum Gasteiger partial charge on any atom is 0.293 e. The van der Waals surface area contributed by atoms with Gasteiger partial charge in [-0.15, -0.1) is 0 Å². The van der Waals surface area contributed by atoms with Crippen molar-refractivity contribution in [2.75, 3.05) is 10.6 Å². The van der Waals surface area contributed by atoms with Gasteiger partial charge in [0.1, 0.15) is 5.75 Å². The van der Waals surface area contributed by atoms with Crippen molar-refractivity contribution >= 4 is 44.2 Å². The Morgan fingerprint density at radius 2 is 1.97 bits per heavy atom. The van der Waals surface area contributed by atoms with E-state index >= 15 is 0 Å². The number of amides is 2. The van der Waals surface area contributed by atoms with E-state index in [1.807, 2.05) is 26.0 Å². The van der Waals surface area contributed by atoms with Gasteiger partial charge in [0, 0.05) is 11.3 Å². The van der Waals surface area contributed by atoms with Crippen molar-refractivity contribution in [2.45, 2.75) is 26.4 Å². The van der Waals surface area contributed by atoms with Crippen molar-refractivity contribution in [2.24, 2.45) is 0 Å². The molecule has 1 unspecified atom stereocenters. The van der Waals surface area contributed by atoms with Gasteiger partial charge >= 0.3 is 0 Å². The van der Waals surface area contributed by atoms with Crippen LogP contribution in [-0.2, 0) is 0 Å². The molecule has 7 nitrogen and oxygen atoms in total. The van der Waals surface area contributed by atoms with E-state index in [0.29, 0.717) is 22.1 Å². The smallest absolute Gasteiger partial charge is 0.293 e. The van der Waals surface area contributed by atoms with Gasteiger partial charge in [0.2, 0.25) is 0 Å². The largest absolute Gasteiger partial charge is 0.491 e. The molecule has 0 fully saturated rings. The molecule has 158 valence electrons. The summed E-state index contributed by atoms with van der Waals surface area (Å²) < 4.78 is 11.7. The minimum Gasteiger partial charge on any atom is -0.491 e. The summed E-state index contributed by atoms with van der Waals surface area (Å²) >= 11 is 1.32. The Balaban J connectivity index is 1.47. The molecule has 31 heavy (non-hydrogen) atoms. The summed E-state index contributed by atoms with van der Waals surface area (Å²) in [6, 6.07) is 15.7. The van der Waals surface area contributed by atoms with Crippen LogP contribution < -0.4 is 15.4 Å². The van der Waals surface area contributed by atoms with Gasteiger partial charge in [-0.3, -0.25) is 14.9 Å². The number of ether oxygens (including phenoxy) is 1. The second-order valence-corrected chi connectivity index (χ2v) is 7.98. The van der Waals surface area contributed by atoms with E-state index in [1.165, 1.54) is 17.6 Å². The SMILES string of the molecule is CCC(C)Oc1cccc(C(=O)Nc2ccc3nc(NC(=O)c4ccco4)sc3c2)c1. The lowest BCUT2D eigenvalue weighted by atomic mass is 10.2. The molecule has 0 aliphatic heterocycles. The quantitative estimate of drug-likeness (QED) is 0.396. The van der Waals surface area contributed by atoms with Crippen LogP contribution in [0.1, 0.15) is 41.2 Å². The van der Waals surface area contributed by atoms with Crippen LogP contribution in [0.4, 0.5) is 10.8 Å². The van der Waals surface area contributed by atoms with Crippen LogP contribution in [0.3, 0.4) is 0 Å². The predicted octanol–water partition coefficient (Wildman–Crippen LogP) is 5.57. The maximum atomic E-state index is 12.7. The summed E-state index contributed by atoms with van der Waals surface area (Å²) in [6.45, 7) is 4.03. The molecule has 0 spiro atoms. The van der Waals surface area contributed by atoms with E-state index in [9.17, 15) is 9.59 Å². The van der Waals surface area contributed by atoms with Crippen molar-refractivity contribution in [3.63, 3.8) is 0 Å². The zero-order valence-corrected chi connectivity index (χ0v) is 17.9. The zero-order chi connectivity index (χ0) is 21.8. The van der Waals surface area contributed by atoms with Crippen molar-refractivity contribution in [1.29, 1.82) is 0 Å². The van der Waals surface area contributed by atoms with E-state index < -0.39 is 0 Å². The number of furan rings is 1. The lowest BCUT2D eigenvalue weighted by Gasteiger charge is -2.13. The number of nitrogens with one attached hydrogen (secondary N) is 2. The van der Waals surface area contributed by atoms with E-state index in [1.54, 1.807) is 42.5 Å². The van der Waals surface area contributed by atoms with Gasteiger partial charge in [0.25, 0.3) is 11.8 Å².